The molecule has 0 radical (unpaired) electrons. The Kier molecular flexibility index (Phi) is 4.25. The van der Waals surface area contributed by atoms with Gasteiger partial charge in [0.2, 0.25) is 0 Å². The molecule has 98 valence electrons. The van der Waals surface area contributed by atoms with Gasteiger partial charge in [-0.05, 0) is 32.4 Å². The Balaban J connectivity index is 3.29. The molecule has 0 bridgehead atoms. The normalized spacial score (nSPS) is 10.4. The van der Waals surface area contributed by atoms with Gasteiger partial charge < -0.3 is 10.0 Å². The predicted octanol–water partition coefficient (Wildman–Crippen LogP) is 2.20. The van der Waals surface area contributed by atoms with Crippen LogP contribution in [0.25, 0.3) is 0 Å². The molecule has 0 unspecified atom stereocenters. The molecule has 0 aliphatic carbocycles. The number of nitrogens with zero attached hydrogens (tertiary/aromatic N) is 2. The quantitative estimate of drug-likeness (QED) is 0.641. The largest absolute Gasteiger partial charge is 0.480 e. The molecule has 0 amide bonds. The number of anilines is 1. The molecule has 0 aromatic heterocycles. The van der Waals surface area contributed by atoms with E-state index < -0.39 is 10.9 Å². The Labute approximate surface area is 105 Å². The summed E-state index contributed by atoms with van der Waals surface area (Å²) < 4.78 is 0. The molecule has 0 spiro atoms. The number of hydrogen-bond acceptors (Lipinski definition) is 4. The van der Waals surface area contributed by atoms with Crippen LogP contribution in [0.3, 0.4) is 0 Å². The van der Waals surface area contributed by atoms with Gasteiger partial charge in [0.1, 0.15) is 12.2 Å². The van der Waals surface area contributed by atoms with E-state index in [-0.39, 0.29) is 18.3 Å². The molecule has 1 aromatic rings. The zero-order valence-corrected chi connectivity index (χ0v) is 10.6. The maximum absolute atomic E-state index is 11.0. The van der Waals surface area contributed by atoms with E-state index in [1.165, 1.54) is 11.0 Å². The molecule has 6 heteroatoms. The van der Waals surface area contributed by atoms with Gasteiger partial charge >= 0.3 is 5.97 Å². The maximum Gasteiger partial charge on any atom is 0.323 e. The van der Waals surface area contributed by atoms with Gasteiger partial charge in [0.25, 0.3) is 5.69 Å². The molecular weight excluding hydrogens is 236 g/mol. The predicted molar refractivity (Wildman–Crippen MR) is 68.0 cm³/mol. The summed E-state index contributed by atoms with van der Waals surface area (Å²) in [4.78, 5) is 22.8. The fourth-order valence-corrected chi connectivity index (χ4v) is 1.71. The minimum atomic E-state index is -1.01. The lowest BCUT2D eigenvalue weighted by Crippen LogP contribution is -2.36. The number of carbonyl (C=O) groups is 1. The number of rotatable bonds is 5. The number of nitro benzene ring substituents is 1. The molecule has 0 heterocycles. The van der Waals surface area contributed by atoms with Crippen molar-refractivity contribution < 1.29 is 14.8 Å². The van der Waals surface area contributed by atoms with Crippen LogP contribution >= 0.6 is 0 Å². The molecule has 1 rings (SSSR count). The molecule has 6 nitrogen and oxygen atoms in total. The van der Waals surface area contributed by atoms with Crippen LogP contribution in [0.4, 0.5) is 11.4 Å². The summed E-state index contributed by atoms with van der Waals surface area (Å²) in [5.74, 6) is -1.01. The number of aryl methyl sites for hydroxylation is 1. The van der Waals surface area contributed by atoms with Crippen molar-refractivity contribution in [2.24, 2.45) is 0 Å². The molecule has 1 aromatic carbocycles. The Morgan fingerprint density at radius 3 is 2.56 bits per heavy atom. The molecule has 0 atom stereocenters. The first-order valence-corrected chi connectivity index (χ1v) is 5.56. The highest BCUT2D eigenvalue weighted by atomic mass is 16.6. The highest BCUT2D eigenvalue weighted by Gasteiger charge is 2.23. The minimum Gasteiger partial charge on any atom is -0.480 e. The second kappa shape index (κ2) is 5.48. The van der Waals surface area contributed by atoms with Crippen molar-refractivity contribution >= 4 is 17.3 Å². The Morgan fingerprint density at radius 1 is 1.50 bits per heavy atom. The number of hydrogen-bond donors (Lipinski definition) is 1. The Bertz CT molecular complexity index is 471. The molecule has 1 N–H and O–H groups in total. The van der Waals surface area contributed by atoms with E-state index in [0.29, 0.717) is 5.69 Å². The first-order valence-electron chi connectivity index (χ1n) is 5.56. The zero-order valence-electron chi connectivity index (χ0n) is 10.6. The Morgan fingerprint density at radius 2 is 2.11 bits per heavy atom. The van der Waals surface area contributed by atoms with Crippen LogP contribution in [-0.4, -0.2) is 28.6 Å². The Hall–Kier alpha value is -2.11. The minimum absolute atomic E-state index is 0.0736. The molecule has 0 saturated heterocycles. The van der Waals surface area contributed by atoms with E-state index >= 15 is 0 Å². The fourth-order valence-electron chi connectivity index (χ4n) is 1.71. The lowest BCUT2D eigenvalue weighted by Gasteiger charge is -2.27. The van der Waals surface area contributed by atoms with Crippen LogP contribution in [0.15, 0.2) is 18.2 Å². The average molecular weight is 252 g/mol. The standard InChI is InChI=1S/C12H16N2O4/c1-8(2)13(7-12(15)16)11-6-9(3)4-5-10(11)14(17)18/h4-6,8H,7H2,1-3H3,(H,15,16). The number of carboxylic acids is 1. The topological polar surface area (TPSA) is 83.7 Å². The third kappa shape index (κ3) is 3.19. The van der Waals surface area contributed by atoms with E-state index in [1.54, 1.807) is 26.0 Å². The van der Waals surface area contributed by atoms with Crippen molar-refractivity contribution in [1.82, 2.24) is 0 Å². The lowest BCUT2D eigenvalue weighted by atomic mass is 10.1. The SMILES string of the molecule is Cc1ccc([N+](=O)[O-])c(N(CC(=O)O)C(C)C)c1. The second-order valence-corrected chi connectivity index (χ2v) is 4.36. The number of aliphatic carboxylic acids is 1. The summed E-state index contributed by atoms with van der Waals surface area (Å²) >= 11 is 0. The third-order valence-electron chi connectivity index (χ3n) is 2.57. The smallest absolute Gasteiger partial charge is 0.323 e. The second-order valence-electron chi connectivity index (χ2n) is 4.36. The van der Waals surface area contributed by atoms with Gasteiger partial charge in [-0.1, -0.05) is 6.07 Å². The number of benzene rings is 1. The molecule has 0 saturated carbocycles. The van der Waals surface area contributed by atoms with Crippen molar-refractivity contribution in [2.45, 2.75) is 26.8 Å². The van der Waals surface area contributed by atoms with Gasteiger partial charge in [0.05, 0.1) is 4.92 Å². The van der Waals surface area contributed by atoms with Crippen molar-refractivity contribution in [3.63, 3.8) is 0 Å². The van der Waals surface area contributed by atoms with Crippen molar-refractivity contribution in [3.05, 3.63) is 33.9 Å². The summed E-state index contributed by atoms with van der Waals surface area (Å²) in [6.45, 7) is 5.15. The van der Waals surface area contributed by atoms with Gasteiger partial charge in [-0.15, -0.1) is 0 Å². The van der Waals surface area contributed by atoms with E-state index in [4.69, 9.17) is 5.11 Å². The first-order chi connectivity index (χ1) is 8.32. The maximum atomic E-state index is 11.0. The monoisotopic (exact) mass is 252 g/mol. The van der Waals surface area contributed by atoms with Crippen molar-refractivity contribution in [3.8, 4) is 0 Å². The van der Waals surface area contributed by atoms with Gasteiger partial charge in [0.15, 0.2) is 0 Å². The van der Waals surface area contributed by atoms with E-state index in [2.05, 4.69) is 0 Å². The highest BCUT2D eigenvalue weighted by molar-refractivity contribution is 5.76. The van der Waals surface area contributed by atoms with Crippen LogP contribution in [0.5, 0.6) is 0 Å². The molecule has 0 aliphatic rings. The van der Waals surface area contributed by atoms with Crippen LogP contribution in [-0.2, 0) is 4.79 Å². The number of carboxylic acid groups (broad SMARTS) is 1. The van der Waals surface area contributed by atoms with Gasteiger partial charge in [-0.3, -0.25) is 14.9 Å². The van der Waals surface area contributed by atoms with Crippen LogP contribution in [0.2, 0.25) is 0 Å². The van der Waals surface area contributed by atoms with Crippen LogP contribution in [0.1, 0.15) is 19.4 Å². The lowest BCUT2D eigenvalue weighted by molar-refractivity contribution is -0.384. The molecule has 0 fully saturated rings. The first kappa shape index (κ1) is 14.0. The summed E-state index contributed by atoms with van der Waals surface area (Å²) in [6.07, 6.45) is 0. The molecule has 18 heavy (non-hydrogen) atoms. The summed E-state index contributed by atoms with van der Waals surface area (Å²) in [5.41, 5.74) is 1.12. The van der Waals surface area contributed by atoms with E-state index in [0.717, 1.165) is 5.56 Å². The van der Waals surface area contributed by atoms with Crippen molar-refractivity contribution in [1.29, 1.82) is 0 Å². The number of nitro groups is 1. The van der Waals surface area contributed by atoms with Crippen LogP contribution in [0, 0.1) is 17.0 Å². The summed E-state index contributed by atoms with van der Waals surface area (Å²) in [5, 5.41) is 19.9. The molecular formula is C12H16N2O4. The zero-order chi connectivity index (χ0) is 13.9. The summed E-state index contributed by atoms with van der Waals surface area (Å²) in [7, 11) is 0. The summed E-state index contributed by atoms with van der Waals surface area (Å²) in [6, 6.07) is 4.55. The fraction of sp³-hybridized carbons (Fsp3) is 0.417. The van der Waals surface area contributed by atoms with Gasteiger partial charge in [-0.25, -0.2) is 0 Å². The molecule has 0 aliphatic heterocycles. The van der Waals surface area contributed by atoms with E-state index in [1.807, 2.05) is 6.92 Å². The van der Waals surface area contributed by atoms with Gasteiger partial charge in [-0.2, -0.15) is 0 Å². The average Bonchev–Trinajstić information content (AvgIpc) is 2.24. The third-order valence-corrected chi connectivity index (χ3v) is 2.57. The van der Waals surface area contributed by atoms with Crippen LogP contribution < -0.4 is 4.90 Å². The van der Waals surface area contributed by atoms with Crippen molar-refractivity contribution in [2.75, 3.05) is 11.4 Å². The van der Waals surface area contributed by atoms with E-state index in [9.17, 15) is 14.9 Å². The van der Waals surface area contributed by atoms with Gasteiger partial charge in [0, 0.05) is 12.1 Å². The highest BCUT2D eigenvalue weighted by Crippen LogP contribution is 2.30.